The van der Waals surface area contributed by atoms with Crippen LogP contribution in [-0.2, 0) is 7.05 Å². The summed E-state index contributed by atoms with van der Waals surface area (Å²) in [5.41, 5.74) is 1.35. The number of hydrogen-bond donors (Lipinski definition) is 1. The number of rotatable bonds is 5. The molecule has 0 atom stereocenters. The Morgan fingerprint density at radius 2 is 2.04 bits per heavy atom. The fourth-order valence-electron chi connectivity index (χ4n) is 3.32. The van der Waals surface area contributed by atoms with Crippen molar-refractivity contribution in [1.82, 2.24) is 25.1 Å². The monoisotopic (exact) mass is 401 g/mol. The number of aromatic nitrogens is 4. The van der Waals surface area contributed by atoms with Crippen LogP contribution in [0.1, 0.15) is 36.2 Å². The van der Waals surface area contributed by atoms with Gasteiger partial charge in [0.25, 0.3) is 5.91 Å². The fourth-order valence-corrected chi connectivity index (χ4v) is 4.00. The first kappa shape index (κ1) is 18.5. The number of halogens is 1. The average Bonchev–Trinajstić information content (AvgIpc) is 3.35. The molecule has 1 saturated carbocycles. The van der Waals surface area contributed by atoms with Gasteiger partial charge < -0.3 is 10.1 Å². The summed E-state index contributed by atoms with van der Waals surface area (Å²) >= 11 is 1.59. The van der Waals surface area contributed by atoms with Crippen LogP contribution < -0.4 is 10.1 Å². The van der Waals surface area contributed by atoms with Gasteiger partial charge in [-0.15, -0.1) is 11.3 Å². The van der Waals surface area contributed by atoms with Crippen LogP contribution in [0.4, 0.5) is 4.39 Å². The Morgan fingerprint density at radius 1 is 1.29 bits per heavy atom. The number of hydrogen-bond acceptors (Lipinski definition) is 6. The summed E-state index contributed by atoms with van der Waals surface area (Å²) in [7, 11) is 1.78. The maximum absolute atomic E-state index is 12.9. The Kier molecular flexibility index (Phi) is 5.34. The molecule has 1 N–H and O–H groups in total. The summed E-state index contributed by atoms with van der Waals surface area (Å²) in [6.45, 7) is 0. The Labute approximate surface area is 165 Å². The van der Waals surface area contributed by atoms with Gasteiger partial charge in [-0.25, -0.2) is 14.4 Å². The molecule has 0 radical (unpaired) electrons. The highest BCUT2D eigenvalue weighted by molar-refractivity contribution is 7.13. The van der Waals surface area contributed by atoms with Gasteiger partial charge in [0.2, 0.25) is 0 Å². The number of amides is 1. The number of aryl methyl sites for hydroxylation is 1. The van der Waals surface area contributed by atoms with E-state index < -0.39 is 5.82 Å². The van der Waals surface area contributed by atoms with Crippen molar-refractivity contribution in [2.24, 2.45) is 7.05 Å². The van der Waals surface area contributed by atoms with Crippen molar-refractivity contribution in [3.8, 4) is 16.6 Å². The molecule has 1 amide bonds. The molecule has 0 aliphatic heterocycles. The molecule has 0 saturated heterocycles. The second kappa shape index (κ2) is 8.05. The maximum Gasteiger partial charge on any atom is 0.316 e. The van der Waals surface area contributed by atoms with E-state index in [9.17, 15) is 9.18 Å². The van der Waals surface area contributed by atoms with Crippen molar-refractivity contribution < 1.29 is 13.9 Å². The molecule has 0 aromatic carbocycles. The van der Waals surface area contributed by atoms with E-state index in [1.54, 1.807) is 23.1 Å². The predicted molar refractivity (Wildman–Crippen MR) is 103 cm³/mol. The van der Waals surface area contributed by atoms with Gasteiger partial charge in [0.05, 0.1) is 17.3 Å². The van der Waals surface area contributed by atoms with E-state index in [4.69, 9.17) is 4.74 Å². The van der Waals surface area contributed by atoms with Gasteiger partial charge >= 0.3 is 6.01 Å². The number of carbonyl (C=O) groups is 1. The van der Waals surface area contributed by atoms with Crippen LogP contribution in [0.5, 0.6) is 6.01 Å². The van der Waals surface area contributed by atoms with Crippen molar-refractivity contribution in [3.63, 3.8) is 0 Å². The normalized spacial score (nSPS) is 19.4. The zero-order valence-corrected chi connectivity index (χ0v) is 16.2. The third-order valence-corrected chi connectivity index (χ3v) is 5.66. The van der Waals surface area contributed by atoms with E-state index in [-0.39, 0.29) is 24.1 Å². The first-order valence-corrected chi connectivity index (χ1v) is 9.99. The van der Waals surface area contributed by atoms with Crippen LogP contribution in [0.15, 0.2) is 36.0 Å². The van der Waals surface area contributed by atoms with Gasteiger partial charge in [0, 0.05) is 13.1 Å². The molecule has 146 valence electrons. The summed E-state index contributed by atoms with van der Waals surface area (Å²) in [5.74, 6) is -0.611. The minimum absolute atomic E-state index is 0.0271. The fraction of sp³-hybridized carbons (Fsp3) is 0.368. The van der Waals surface area contributed by atoms with E-state index in [0.717, 1.165) is 48.6 Å². The van der Waals surface area contributed by atoms with Crippen molar-refractivity contribution in [2.75, 3.05) is 0 Å². The van der Waals surface area contributed by atoms with Crippen LogP contribution in [0, 0.1) is 5.82 Å². The molecule has 7 nitrogen and oxygen atoms in total. The third kappa shape index (κ3) is 4.19. The third-order valence-electron chi connectivity index (χ3n) is 4.76. The summed E-state index contributed by atoms with van der Waals surface area (Å²) < 4.78 is 20.2. The van der Waals surface area contributed by atoms with E-state index in [1.165, 1.54) is 0 Å². The minimum Gasteiger partial charge on any atom is -0.460 e. The van der Waals surface area contributed by atoms with E-state index in [1.807, 2.05) is 23.6 Å². The zero-order valence-electron chi connectivity index (χ0n) is 15.3. The minimum atomic E-state index is -0.490. The molecule has 28 heavy (non-hydrogen) atoms. The molecule has 1 fully saturated rings. The van der Waals surface area contributed by atoms with E-state index >= 15 is 0 Å². The van der Waals surface area contributed by atoms with Gasteiger partial charge in [-0.2, -0.15) is 5.10 Å². The Bertz CT molecular complexity index is 934. The molecular formula is C19H20FN5O2S. The molecule has 1 aliphatic rings. The molecule has 3 aromatic rings. The molecule has 4 rings (SSSR count). The van der Waals surface area contributed by atoms with Crippen LogP contribution in [0.3, 0.4) is 0 Å². The number of ether oxygens (including phenoxy) is 1. The zero-order chi connectivity index (χ0) is 19.5. The van der Waals surface area contributed by atoms with Crippen LogP contribution >= 0.6 is 11.3 Å². The van der Waals surface area contributed by atoms with Gasteiger partial charge in [-0.3, -0.25) is 9.48 Å². The highest BCUT2D eigenvalue weighted by Gasteiger charge is 2.25. The molecule has 1 aliphatic carbocycles. The lowest BCUT2D eigenvalue weighted by molar-refractivity contribution is 0.0876. The van der Waals surface area contributed by atoms with Gasteiger partial charge in [-0.1, -0.05) is 6.07 Å². The van der Waals surface area contributed by atoms with Crippen molar-refractivity contribution in [1.29, 1.82) is 0 Å². The first-order valence-electron chi connectivity index (χ1n) is 9.11. The molecule has 9 heteroatoms. The number of nitrogens with one attached hydrogen (secondary N) is 1. The molecule has 3 aromatic heterocycles. The largest absolute Gasteiger partial charge is 0.460 e. The Hall–Kier alpha value is -2.81. The Morgan fingerprint density at radius 3 is 2.71 bits per heavy atom. The molecule has 0 spiro atoms. The Balaban J connectivity index is 1.31. The van der Waals surface area contributed by atoms with Crippen molar-refractivity contribution in [2.45, 2.75) is 37.8 Å². The summed E-state index contributed by atoms with van der Waals surface area (Å²) in [6, 6.07) is 6.04. The smallest absolute Gasteiger partial charge is 0.316 e. The first-order chi connectivity index (χ1) is 13.6. The lowest BCUT2D eigenvalue weighted by Crippen LogP contribution is -2.40. The van der Waals surface area contributed by atoms with Crippen molar-refractivity contribution in [3.05, 3.63) is 47.5 Å². The quantitative estimate of drug-likeness (QED) is 0.710. The van der Waals surface area contributed by atoms with Gasteiger partial charge in [0.1, 0.15) is 17.5 Å². The summed E-state index contributed by atoms with van der Waals surface area (Å²) in [5, 5.41) is 9.52. The predicted octanol–water partition coefficient (Wildman–Crippen LogP) is 3.20. The number of thiophene rings is 1. The highest BCUT2D eigenvalue weighted by atomic mass is 32.1. The SMILES string of the molecule is Cn1nc(-c2cccs2)cc1C(=O)NC1CCC(Oc2ncc(F)cn2)CC1. The molecular weight excluding hydrogens is 381 g/mol. The highest BCUT2D eigenvalue weighted by Crippen LogP contribution is 2.25. The van der Waals surface area contributed by atoms with E-state index in [2.05, 4.69) is 20.4 Å². The topological polar surface area (TPSA) is 81.9 Å². The number of carbonyl (C=O) groups excluding carboxylic acids is 1. The molecule has 0 unspecified atom stereocenters. The summed E-state index contributed by atoms with van der Waals surface area (Å²) in [6.07, 6.45) is 5.30. The molecule has 3 heterocycles. The second-order valence-electron chi connectivity index (χ2n) is 6.76. The van der Waals surface area contributed by atoms with Crippen LogP contribution in [-0.4, -0.2) is 37.8 Å². The lowest BCUT2D eigenvalue weighted by Gasteiger charge is -2.28. The van der Waals surface area contributed by atoms with Crippen molar-refractivity contribution >= 4 is 17.2 Å². The van der Waals surface area contributed by atoms with Gasteiger partial charge in [0.15, 0.2) is 5.82 Å². The number of nitrogens with zero attached hydrogens (tertiary/aromatic N) is 4. The second-order valence-corrected chi connectivity index (χ2v) is 7.71. The lowest BCUT2D eigenvalue weighted by atomic mass is 9.93. The summed E-state index contributed by atoms with van der Waals surface area (Å²) in [4.78, 5) is 21.4. The standard InChI is InChI=1S/C19H20FN5O2S/c1-25-16(9-15(24-25)17-3-2-8-28-17)18(26)23-13-4-6-14(7-5-13)27-19-21-10-12(20)11-22-19/h2-3,8-11,13-14H,4-7H2,1H3,(H,23,26). The van der Waals surface area contributed by atoms with E-state index in [0.29, 0.717) is 5.69 Å². The average molecular weight is 401 g/mol. The van der Waals surface area contributed by atoms with Gasteiger partial charge in [-0.05, 0) is 43.2 Å². The molecule has 0 bridgehead atoms. The van der Waals surface area contributed by atoms with Crippen LogP contribution in [0.2, 0.25) is 0 Å². The van der Waals surface area contributed by atoms with Crippen LogP contribution in [0.25, 0.3) is 10.6 Å². The maximum atomic E-state index is 12.9.